The normalized spacial score (nSPS) is 15.0. The van der Waals surface area contributed by atoms with Crippen LogP contribution in [0.5, 0.6) is 0 Å². The third kappa shape index (κ3) is 4.59. The number of para-hydroxylation sites is 2. The highest BCUT2D eigenvalue weighted by Gasteiger charge is 2.35. The van der Waals surface area contributed by atoms with Crippen LogP contribution in [0.4, 0.5) is 22.7 Å². The molecule has 0 saturated heterocycles. The van der Waals surface area contributed by atoms with Crippen molar-refractivity contribution < 1.29 is 0 Å². The first-order chi connectivity index (χ1) is 16.6. The highest BCUT2D eigenvalue weighted by Crippen LogP contribution is 2.45. The van der Waals surface area contributed by atoms with Gasteiger partial charge in [-0.25, -0.2) is 0 Å². The molecule has 2 N–H and O–H groups in total. The van der Waals surface area contributed by atoms with E-state index in [1.165, 1.54) is 65.7 Å². The number of hydrogen-bond acceptors (Lipinski definition) is 2. The molecule has 0 aliphatic heterocycles. The van der Waals surface area contributed by atoms with Crippen molar-refractivity contribution in [2.75, 3.05) is 10.6 Å². The molecular formula is C32H34N2. The minimum absolute atomic E-state index is 0.0979. The van der Waals surface area contributed by atoms with Crippen molar-refractivity contribution in [2.45, 2.75) is 51.4 Å². The van der Waals surface area contributed by atoms with Crippen molar-refractivity contribution in [3.05, 3.63) is 119 Å². The van der Waals surface area contributed by atoms with Crippen LogP contribution >= 0.6 is 0 Å². The molecule has 172 valence electrons. The summed E-state index contributed by atoms with van der Waals surface area (Å²) in [5.74, 6) is 0. The van der Waals surface area contributed by atoms with E-state index in [1.807, 2.05) is 0 Å². The van der Waals surface area contributed by atoms with Gasteiger partial charge in [0.1, 0.15) is 0 Å². The van der Waals surface area contributed by atoms with E-state index in [0.717, 1.165) is 11.4 Å². The van der Waals surface area contributed by atoms with Crippen molar-refractivity contribution in [1.29, 1.82) is 0 Å². The molecule has 1 aliphatic rings. The van der Waals surface area contributed by atoms with Crippen molar-refractivity contribution in [3.63, 3.8) is 0 Å². The van der Waals surface area contributed by atoms with Crippen LogP contribution in [0.15, 0.2) is 97.1 Å². The number of aryl methyl sites for hydroxylation is 2. The second-order valence-electron chi connectivity index (χ2n) is 9.68. The topological polar surface area (TPSA) is 24.1 Å². The fraction of sp³-hybridized carbons (Fsp3) is 0.250. The van der Waals surface area contributed by atoms with Gasteiger partial charge in [0.05, 0.1) is 0 Å². The summed E-state index contributed by atoms with van der Waals surface area (Å²) >= 11 is 0. The van der Waals surface area contributed by atoms with Gasteiger partial charge >= 0.3 is 0 Å². The Bertz CT molecular complexity index is 1140. The summed E-state index contributed by atoms with van der Waals surface area (Å²) < 4.78 is 0. The van der Waals surface area contributed by atoms with E-state index < -0.39 is 0 Å². The first kappa shape index (κ1) is 22.3. The van der Waals surface area contributed by atoms with Crippen molar-refractivity contribution in [1.82, 2.24) is 0 Å². The van der Waals surface area contributed by atoms with Crippen LogP contribution in [-0.2, 0) is 5.41 Å². The highest BCUT2D eigenvalue weighted by molar-refractivity contribution is 5.65. The number of rotatable bonds is 6. The van der Waals surface area contributed by atoms with Gasteiger partial charge in [0, 0.05) is 28.2 Å². The smallest absolute Gasteiger partial charge is 0.0413 e. The zero-order valence-corrected chi connectivity index (χ0v) is 20.3. The maximum absolute atomic E-state index is 3.58. The molecule has 4 aromatic rings. The Morgan fingerprint density at radius 2 is 0.912 bits per heavy atom. The van der Waals surface area contributed by atoms with Gasteiger partial charge in [0.15, 0.2) is 0 Å². The Balaban J connectivity index is 1.40. The standard InChI is InChI=1S/C32H34N2/c1-24-10-4-6-12-30(24)33-28-18-14-26(15-19-28)32(22-8-3-9-23-32)27-16-20-29(21-17-27)34-31-13-7-5-11-25(31)2/h4-7,10-21,33-34H,3,8-9,22-23H2,1-2H3. The van der Waals surface area contributed by atoms with Crippen LogP contribution in [0, 0.1) is 13.8 Å². The van der Waals surface area contributed by atoms with Crippen LogP contribution in [-0.4, -0.2) is 0 Å². The van der Waals surface area contributed by atoms with Gasteiger partial charge in [0.2, 0.25) is 0 Å². The Morgan fingerprint density at radius 1 is 0.500 bits per heavy atom. The van der Waals surface area contributed by atoms with Gasteiger partial charge in [-0.05, 0) is 85.3 Å². The summed E-state index contributed by atoms with van der Waals surface area (Å²) in [6, 6.07) is 35.2. The van der Waals surface area contributed by atoms with Gasteiger partial charge in [-0.3, -0.25) is 0 Å². The molecular weight excluding hydrogens is 412 g/mol. The van der Waals surface area contributed by atoms with Crippen LogP contribution in [0.2, 0.25) is 0 Å². The van der Waals surface area contributed by atoms with E-state index in [-0.39, 0.29) is 5.41 Å². The molecule has 0 atom stereocenters. The number of hydrogen-bond donors (Lipinski definition) is 2. The van der Waals surface area contributed by atoms with Crippen LogP contribution < -0.4 is 10.6 Å². The molecule has 0 spiro atoms. The summed E-state index contributed by atoms with van der Waals surface area (Å²) in [6.45, 7) is 4.29. The monoisotopic (exact) mass is 446 g/mol. The van der Waals surface area contributed by atoms with E-state index in [0.29, 0.717) is 0 Å². The molecule has 1 saturated carbocycles. The molecule has 1 aliphatic carbocycles. The van der Waals surface area contributed by atoms with E-state index in [2.05, 4.69) is 122 Å². The third-order valence-corrected chi connectivity index (χ3v) is 7.43. The lowest BCUT2D eigenvalue weighted by Gasteiger charge is -2.39. The third-order valence-electron chi connectivity index (χ3n) is 7.43. The van der Waals surface area contributed by atoms with Gasteiger partial charge in [-0.1, -0.05) is 79.9 Å². The first-order valence-electron chi connectivity index (χ1n) is 12.5. The second kappa shape index (κ2) is 9.77. The largest absolute Gasteiger partial charge is 0.355 e. The molecule has 0 unspecified atom stereocenters. The summed E-state index contributed by atoms with van der Waals surface area (Å²) in [4.78, 5) is 0. The zero-order chi connectivity index (χ0) is 23.4. The number of benzene rings is 4. The van der Waals surface area contributed by atoms with Crippen molar-refractivity contribution >= 4 is 22.7 Å². The van der Waals surface area contributed by atoms with Gasteiger partial charge < -0.3 is 10.6 Å². The Morgan fingerprint density at radius 3 is 1.32 bits per heavy atom. The lowest BCUT2D eigenvalue weighted by molar-refractivity contribution is 0.346. The number of nitrogens with one attached hydrogen (secondary N) is 2. The molecule has 0 aromatic heterocycles. The Hall–Kier alpha value is -3.52. The molecule has 0 radical (unpaired) electrons. The molecule has 0 bridgehead atoms. The fourth-order valence-electron chi connectivity index (χ4n) is 5.38. The molecule has 4 aromatic carbocycles. The van der Waals surface area contributed by atoms with Gasteiger partial charge in [-0.15, -0.1) is 0 Å². The summed E-state index contributed by atoms with van der Waals surface area (Å²) in [6.07, 6.45) is 6.32. The maximum Gasteiger partial charge on any atom is 0.0413 e. The molecule has 2 nitrogen and oxygen atoms in total. The van der Waals surface area contributed by atoms with E-state index in [9.17, 15) is 0 Å². The Labute approximate surface area is 204 Å². The lowest BCUT2D eigenvalue weighted by atomic mass is 9.65. The maximum atomic E-state index is 3.58. The molecule has 5 rings (SSSR count). The summed E-state index contributed by atoms with van der Waals surface area (Å²) in [7, 11) is 0. The summed E-state index contributed by atoms with van der Waals surface area (Å²) in [5, 5.41) is 7.16. The van der Waals surface area contributed by atoms with Crippen LogP contribution in [0.1, 0.15) is 54.4 Å². The number of anilines is 4. The average Bonchev–Trinajstić information content (AvgIpc) is 2.88. The van der Waals surface area contributed by atoms with Crippen molar-refractivity contribution in [2.24, 2.45) is 0 Å². The minimum Gasteiger partial charge on any atom is -0.355 e. The first-order valence-corrected chi connectivity index (χ1v) is 12.5. The van der Waals surface area contributed by atoms with Crippen LogP contribution in [0.25, 0.3) is 0 Å². The van der Waals surface area contributed by atoms with Crippen molar-refractivity contribution in [3.8, 4) is 0 Å². The quantitative estimate of drug-likeness (QED) is 0.309. The van der Waals surface area contributed by atoms with Gasteiger partial charge in [0.25, 0.3) is 0 Å². The molecule has 34 heavy (non-hydrogen) atoms. The molecule has 0 amide bonds. The fourth-order valence-corrected chi connectivity index (χ4v) is 5.38. The summed E-state index contributed by atoms with van der Waals surface area (Å²) in [5.41, 5.74) is 10.1. The SMILES string of the molecule is Cc1ccccc1Nc1ccc(C2(c3ccc(Nc4ccccc4C)cc3)CCCCC2)cc1. The predicted molar refractivity (Wildman–Crippen MR) is 146 cm³/mol. The van der Waals surface area contributed by atoms with E-state index >= 15 is 0 Å². The van der Waals surface area contributed by atoms with Crippen LogP contribution in [0.3, 0.4) is 0 Å². The molecule has 1 fully saturated rings. The average molecular weight is 447 g/mol. The molecule has 2 heteroatoms. The lowest BCUT2D eigenvalue weighted by Crippen LogP contribution is -2.30. The van der Waals surface area contributed by atoms with E-state index in [4.69, 9.17) is 0 Å². The predicted octanol–water partition coefficient (Wildman–Crippen LogP) is 9.04. The molecule has 0 heterocycles. The van der Waals surface area contributed by atoms with E-state index in [1.54, 1.807) is 0 Å². The Kier molecular flexibility index (Phi) is 6.40. The minimum atomic E-state index is 0.0979. The second-order valence-corrected chi connectivity index (χ2v) is 9.68. The highest BCUT2D eigenvalue weighted by atomic mass is 14.9. The zero-order valence-electron chi connectivity index (χ0n) is 20.3. The van der Waals surface area contributed by atoms with Gasteiger partial charge in [-0.2, -0.15) is 0 Å².